The van der Waals surface area contributed by atoms with Gasteiger partial charge in [-0.2, -0.15) is 0 Å². The van der Waals surface area contributed by atoms with Crippen LogP contribution in [0.4, 0.5) is 4.39 Å². The third-order valence-electron chi connectivity index (χ3n) is 3.54. The normalized spacial score (nSPS) is 24.4. The van der Waals surface area contributed by atoms with E-state index in [1.165, 1.54) is 6.07 Å². The first-order valence-corrected chi connectivity index (χ1v) is 6.71. The van der Waals surface area contributed by atoms with E-state index in [-0.39, 0.29) is 17.5 Å². The summed E-state index contributed by atoms with van der Waals surface area (Å²) in [6, 6.07) is 6.47. The van der Waals surface area contributed by atoms with Gasteiger partial charge < -0.3 is 4.74 Å². The van der Waals surface area contributed by atoms with Gasteiger partial charge in [-0.1, -0.05) is 12.1 Å². The molecule has 2 rings (SSSR count). The minimum absolute atomic E-state index is 0.135. The Morgan fingerprint density at radius 1 is 1.42 bits per heavy atom. The van der Waals surface area contributed by atoms with E-state index in [0.29, 0.717) is 25.6 Å². The smallest absolute Gasteiger partial charge is 0.167 e. The van der Waals surface area contributed by atoms with Crippen molar-refractivity contribution in [3.63, 3.8) is 0 Å². The number of carbonyl (C=O) groups is 1. The van der Waals surface area contributed by atoms with Crippen molar-refractivity contribution >= 4 is 5.78 Å². The molecule has 1 fully saturated rings. The van der Waals surface area contributed by atoms with Gasteiger partial charge in [0, 0.05) is 25.6 Å². The highest BCUT2D eigenvalue weighted by Crippen LogP contribution is 2.14. The minimum atomic E-state index is -0.434. The van der Waals surface area contributed by atoms with Crippen molar-refractivity contribution in [2.75, 3.05) is 19.7 Å². The van der Waals surface area contributed by atoms with Gasteiger partial charge in [0.1, 0.15) is 5.82 Å². The lowest BCUT2D eigenvalue weighted by Crippen LogP contribution is -2.47. The standard InChI is InChI=1S/C15H20FNO2/c1-11-10-19-12(2)9-17(11)8-7-15(18)13-5-3-4-6-14(13)16/h3-6,11-12H,7-10H2,1-2H3. The van der Waals surface area contributed by atoms with E-state index in [0.717, 1.165) is 6.54 Å². The summed E-state index contributed by atoms with van der Waals surface area (Å²) >= 11 is 0. The van der Waals surface area contributed by atoms with Crippen LogP contribution in [0.3, 0.4) is 0 Å². The van der Waals surface area contributed by atoms with Crippen LogP contribution < -0.4 is 0 Å². The number of morpholine rings is 1. The summed E-state index contributed by atoms with van der Waals surface area (Å²) in [5.41, 5.74) is 0.191. The van der Waals surface area contributed by atoms with Crippen molar-refractivity contribution in [2.45, 2.75) is 32.4 Å². The molecule has 0 radical (unpaired) electrons. The summed E-state index contributed by atoms with van der Waals surface area (Å²) in [5, 5.41) is 0. The van der Waals surface area contributed by atoms with Gasteiger partial charge in [-0.15, -0.1) is 0 Å². The van der Waals surface area contributed by atoms with Crippen LogP contribution in [0, 0.1) is 5.82 Å². The zero-order chi connectivity index (χ0) is 13.8. The predicted octanol–water partition coefficient (Wildman–Crippen LogP) is 2.51. The third-order valence-corrected chi connectivity index (χ3v) is 3.54. The maximum Gasteiger partial charge on any atom is 0.167 e. The number of benzene rings is 1. The Balaban J connectivity index is 1.91. The van der Waals surface area contributed by atoms with Crippen LogP contribution in [0.5, 0.6) is 0 Å². The van der Waals surface area contributed by atoms with Crippen LogP contribution >= 0.6 is 0 Å². The summed E-state index contributed by atoms with van der Waals surface area (Å²) in [6.07, 6.45) is 0.539. The topological polar surface area (TPSA) is 29.5 Å². The van der Waals surface area contributed by atoms with Crippen LogP contribution in [-0.4, -0.2) is 42.5 Å². The summed E-state index contributed by atoms with van der Waals surface area (Å²) in [7, 11) is 0. The van der Waals surface area contributed by atoms with Crippen LogP contribution in [-0.2, 0) is 4.74 Å². The highest BCUT2D eigenvalue weighted by atomic mass is 19.1. The first kappa shape index (κ1) is 14.2. The molecule has 0 N–H and O–H groups in total. The SMILES string of the molecule is CC1CN(CCC(=O)c2ccccc2F)C(C)CO1. The van der Waals surface area contributed by atoms with Crippen molar-refractivity contribution in [2.24, 2.45) is 0 Å². The van der Waals surface area contributed by atoms with E-state index in [4.69, 9.17) is 4.74 Å². The lowest BCUT2D eigenvalue weighted by atomic mass is 10.1. The minimum Gasteiger partial charge on any atom is -0.376 e. The summed E-state index contributed by atoms with van der Waals surface area (Å²) < 4.78 is 19.0. The first-order chi connectivity index (χ1) is 9.08. The molecule has 0 spiro atoms. The van der Waals surface area contributed by atoms with E-state index in [1.54, 1.807) is 18.2 Å². The third kappa shape index (κ3) is 3.61. The largest absolute Gasteiger partial charge is 0.376 e. The summed E-state index contributed by atoms with van der Waals surface area (Å²) in [4.78, 5) is 14.2. The molecule has 104 valence electrons. The van der Waals surface area contributed by atoms with Crippen molar-refractivity contribution in [1.29, 1.82) is 0 Å². The zero-order valence-electron chi connectivity index (χ0n) is 11.4. The van der Waals surface area contributed by atoms with Gasteiger partial charge in [-0.3, -0.25) is 9.69 Å². The highest BCUT2D eigenvalue weighted by Gasteiger charge is 2.24. The fourth-order valence-electron chi connectivity index (χ4n) is 2.35. The fourth-order valence-corrected chi connectivity index (χ4v) is 2.35. The maximum atomic E-state index is 13.5. The number of halogens is 1. The molecule has 1 aliphatic rings. The lowest BCUT2D eigenvalue weighted by molar-refractivity contribution is -0.0488. The number of ether oxygens (including phenoxy) is 1. The number of hydrogen-bond donors (Lipinski definition) is 0. The lowest BCUT2D eigenvalue weighted by Gasteiger charge is -2.36. The van der Waals surface area contributed by atoms with E-state index in [9.17, 15) is 9.18 Å². The predicted molar refractivity (Wildman–Crippen MR) is 71.8 cm³/mol. The average molecular weight is 265 g/mol. The van der Waals surface area contributed by atoms with Gasteiger partial charge in [0.15, 0.2) is 5.78 Å². The molecule has 4 heteroatoms. The number of ketones is 1. The summed E-state index contributed by atoms with van der Waals surface area (Å²) in [5.74, 6) is -0.569. The number of Topliss-reactive ketones (excluding diaryl/α,β-unsaturated/α-hetero) is 1. The van der Waals surface area contributed by atoms with E-state index < -0.39 is 5.82 Å². The molecule has 19 heavy (non-hydrogen) atoms. The number of rotatable bonds is 4. The monoisotopic (exact) mass is 265 g/mol. The molecule has 0 saturated carbocycles. The second-order valence-corrected chi connectivity index (χ2v) is 5.14. The molecule has 1 heterocycles. The molecule has 2 atom stereocenters. The second-order valence-electron chi connectivity index (χ2n) is 5.14. The molecule has 0 aliphatic carbocycles. The van der Waals surface area contributed by atoms with E-state index in [2.05, 4.69) is 11.8 Å². The van der Waals surface area contributed by atoms with Gasteiger partial charge in [0.2, 0.25) is 0 Å². The fraction of sp³-hybridized carbons (Fsp3) is 0.533. The molecule has 1 aliphatic heterocycles. The van der Waals surface area contributed by atoms with Crippen molar-refractivity contribution in [1.82, 2.24) is 4.90 Å². The van der Waals surface area contributed by atoms with Crippen molar-refractivity contribution < 1.29 is 13.9 Å². The highest BCUT2D eigenvalue weighted by molar-refractivity contribution is 5.96. The zero-order valence-corrected chi connectivity index (χ0v) is 11.4. The van der Waals surface area contributed by atoms with Gasteiger partial charge in [-0.05, 0) is 26.0 Å². The van der Waals surface area contributed by atoms with Crippen LogP contribution in [0.2, 0.25) is 0 Å². The molecule has 3 nitrogen and oxygen atoms in total. The molecular weight excluding hydrogens is 245 g/mol. The molecule has 0 amide bonds. The number of hydrogen-bond acceptors (Lipinski definition) is 3. The molecule has 0 aromatic heterocycles. The molecule has 2 unspecified atom stereocenters. The Hall–Kier alpha value is -1.26. The maximum absolute atomic E-state index is 13.5. The van der Waals surface area contributed by atoms with Gasteiger partial charge in [0.05, 0.1) is 18.3 Å². The Labute approximate surface area is 113 Å². The second kappa shape index (κ2) is 6.26. The Kier molecular flexibility index (Phi) is 4.66. The molecule has 1 aromatic carbocycles. The molecule has 1 saturated heterocycles. The van der Waals surface area contributed by atoms with Gasteiger partial charge >= 0.3 is 0 Å². The van der Waals surface area contributed by atoms with Crippen LogP contribution in [0.1, 0.15) is 30.6 Å². The number of carbonyl (C=O) groups excluding carboxylic acids is 1. The number of nitrogens with zero attached hydrogens (tertiary/aromatic N) is 1. The Morgan fingerprint density at radius 2 is 2.16 bits per heavy atom. The van der Waals surface area contributed by atoms with Gasteiger partial charge in [-0.25, -0.2) is 4.39 Å². The average Bonchev–Trinajstić information content (AvgIpc) is 2.40. The molecule has 0 bridgehead atoms. The van der Waals surface area contributed by atoms with Crippen LogP contribution in [0.15, 0.2) is 24.3 Å². The van der Waals surface area contributed by atoms with E-state index >= 15 is 0 Å². The molecular formula is C15H20FNO2. The summed E-state index contributed by atoms with van der Waals surface area (Å²) in [6.45, 7) is 6.28. The van der Waals surface area contributed by atoms with Gasteiger partial charge in [0.25, 0.3) is 0 Å². The molecule has 1 aromatic rings. The van der Waals surface area contributed by atoms with Crippen LogP contribution in [0.25, 0.3) is 0 Å². The first-order valence-electron chi connectivity index (χ1n) is 6.71. The van der Waals surface area contributed by atoms with E-state index in [1.807, 2.05) is 6.92 Å². The Morgan fingerprint density at radius 3 is 2.89 bits per heavy atom. The van der Waals surface area contributed by atoms with Crippen molar-refractivity contribution in [3.05, 3.63) is 35.6 Å². The quantitative estimate of drug-likeness (QED) is 0.783. The van der Waals surface area contributed by atoms with Crippen molar-refractivity contribution in [3.8, 4) is 0 Å². The Bertz CT molecular complexity index is 450.